The zero-order valence-electron chi connectivity index (χ0n) is 15.0. The summed E-state index contributed by atoms with van der Waals surface area (Å²) in [5.41, 5.74) is 0.783. The number of anilines is 1. The SMILES string of the molecule is [2H]C1c2c(Br)cccc2N(CC)C([2H])N1Cc1ccccc1C(F)(F)F. The van der Waals surface area contributed by atoms with Crippen molar-refractivity contribution in [3.63, 3.8) is 0 Å². The molecule has 1 aliphatic rings. The van der Waals surface area contributed by atoms with E-state index in [0.717, 1.165) is 16.2 Å². The quantitative estimate of drug-likeness (QED) is 0.692. The lowest BCUT2D eigenvalue weighted by Crippen LogP contribution is -2.42. The molecule has 0 radical (unpaired) electrons. The molecule has 0 saturated carbocycles. The monoisotopic (exact) mass is 400 g/mol. The van der Waals surface area contributed by atoms with Gasteiger partial charge in [0.15, 0.2) is 0 Å². The Kier molecular flexibility index (Phi) is 4.17. The molecule has 0 fully saturated rings. The smallest absolute Gasteiger partial charge is 0.358 e. The molecule has 24 heavy (non-hydrogen) atoms. The van der Waals surface area contributed by atoms with Gasteiger partial charge < -0.3 is 4.90 Å². The van der Waals surface area contributed by atoms with Gasteiger partial charge in [0, 0.05) is 36.7 Å². The zero-order chi connectivity index (χ0) is 19.1. The van der Waals surface area contributed by atoms with E-state index in [1.165, 1.54) is 17.0 Å². The van der Waals surface area contributed by atoms with Crippen LogP contribution >= 0.6 is 15.9 Å². The van der Waals surface area contributed by atoms with Gasteiger partial charge in [-0.25, -0.2) is 0 Å². The van der Waals surface area contributed by atoms with Crippen molar-refractivity contribution in [2.75, 3.05) is 18.1 Å². The predicted molar refractivity (Wildman–Crippen MR) is 92.7 cm³/mol. The Labute approximate surface area is 150 Å². The molecule has 3 rings (SSSR count). The van der Waals surface area contributed by atoms with Gasteiger partial charge in [-0.3, -0.25) is 4.90 Å². The minimum atomic E-state index is -4.47. The summed E-state index contributed by atoms with van der Waals surface area (Å²) in [6.07, 6.45) is -4.47. The van der Waals surface area contributed by atoms with Crippen LogP contribution < -0.4 is 4.90 Å². The zero-order valence-corrected chi connectivity index (χ0v) is 14.6. The van der Waals surface area contributed by atoms with Crippen molar-refractivity contribution in [2.45, 2.75) is 26.2 Å². The predicted octanol–water partition coefficient (Wildman–Crippen LogP) is 5.27. The summed E-state index contributed by atoms with van der Waals surface area (Å²) < 4.78 is 57.8. The van der Waals surface area contributed by atoms with Crippen LogP contribution in [0.3, 0.4) is 0 Å². The van der Waals surface area contributed by atoms with Crippen LogP contribution in [0.5, 0.6) is 0 Å². The first-order valence-corrected chi connectivity index (χ1v) is 8.35. The summed E-state index contributed by atoms with van der Waals surface area (Å²) in [6.45, 7) is 0.396. The number of hydrogen-bond donors (Lipinski definition) is 0. The van der Waals surface area contributed by atoms with Crippen LogP contribution in [0, 0.1) is 0 Å². The first-order valence-electron chi connectivity index (χ1n) is 8.71. The highest BCUT2D eigenvalue weighted by molar-refractivity contribution is 9.10. The molecule has 2 aromatic carbocycles. The molecule has 2 atom stereocenters. The average molecular weight is 401 g/mol. The third-order valence-electron chi connectivity index (χ3n) is 3.94. The standard InChI is InChI=1S/C18H18BrF3N2/c1-2-24-12-23(11-14-16(19)8-5-9-17(14)24)10-13-6-3-4-7-15(13)18(20,21)22/h3-9H,2,10-12H2,1H3/i11D,12D. The van der Waals surface area contributed by atoms with Crippen molar-refractivity contribution in [3.8, 4) is 0 Å². The molecule has 1 aliphatic heterocycles. The van der Waals surface area contributed by atoms with Gasteiger partial charge in [-0.2, -0.15) is 13.2 Å². The Bertz CT molecular complexity index is 800. The maximum Gasteiger partial charge on any atom is 0.416 e. The minimum Gasteiger partial charge on any atom is -0.358 e. The number of halogens is 4. The molecular weight excluding hydrogens is 381 g/mol. The van der Waals surface area contributed by atoms with E-state index in [9.17, 15) is 13.2 Å². The molecular formula is C18H18BrF3N2. The maximum atomic E-state index is 13.3. The lowest BCUT2D eigenvalue weighted by Gasteiger charge is -2.38. The van der Waals surface area contributed by atoms with Crippen molar-refractivity contribution in [1.29, 1.82) is 0 Å². The van der Waals surface area contributed by atoms with Gasteiger partial charge in [-0.1, -0.05) is 40.2 Å². The van der Waals surface area contributed by atoms with E-state index in [1.54, 1.807) is 17.0 Å². The Morgan fingerprint density at radius 3 is 2.62 bits per heavy atom. The molecule has 0 amide bonds. The van der Waals surface area contributed by atoms with Crippen LogP contribution in [0.25, 0.3) is 0 Å². The van der Waals surface area contributed by atoms with E-state index in [2.05, 4.69) is 15.9 Å². The summed E-state index contributed by atoms with van der Waals surface area (Å²) in [4.78, 5) is 3.24. The lowest BCUT2D eigenvalue weighted by atomic mass is 10.0. The van der Waals surface area contributed by atoms with Crippen LogP contribution in [-0.4, -0.2) is 18.1 Å². The fraction of sp³-hybridized carbons (Fsp3) is 0.333. The first kappa shape index (κ1) is 14.8. The van der Waals surface area contributed by atoms with E-state index < -0.39 is 24.9 Å². The van der Waals surface area contributed by atoms with Crippen LogP contribution in [-0.2, 0) is 19.2 Å². The number of nitrogens with zero attached hydrogens (tertiary/aromatic N) is 2. The van der Waals surface area contributed by atoms with Crippen LogP contribution in [0.15, 0.2) is 46.9 Å². The summed E-state index contributed by atoms with van der Waals surface area (Å²) in [6, 6.07) is 10.8. The number of rotatable bonds is 3. The number of hydrogen-bond acceptors (Lipinski definition) is 2. The molecule has 0 N–H and O–H groups in total. The first-order chi connectivity index (χ1) is 12.3. The molecule has 128 valence electrons. The van der Waals surface area contributed by atoms with Crippen LogP contribution in [0.2, 0.25) is 0 Å². The molecule has 2 aromatic rings. The van der Waals surface area contributed by atoms with Crippen LogP contribution in [0.4, 0.5) is 18.9 Å². The second-order valence-corrected chi connectivity index (χ2v) is 6.38. The van der Waals surface area contributed by atoms with Crippen molar-refractivity contribution >= 4 is 21.6 Å². The summed E-state index contributed by atoms with van der Waals surface area (Å²) >= 11 is 3.44. The Morgan fingerprint density at radius 1 is 1.17 bits per heavy atom. The topological polar surface area (TPSA) is 6.48 Å². The molecule has 0 saturated heterocycles. The van der Waals surface area contributed by atoms with Gasteiger partial charge in [0.05, 0.1) is 13.6 Å². The van der Waals surface area contributed by atoms with Crippen molar-refractivity contribution in [3.05, 3.63) is 63.6 Å². The summed E-state index contributed by atoms with van der Waals surface area (Å²) in [7, 11) is 0. The summed E-state index contributed by atoms with van der Waals surface area (Å²) in [5.74, 6) is 0. The largest absolute Gasteiger partial charge is 0.416 e. The third kappa shape index (κ3) is 3.44. The van der Waals surface area contributed by atoms with Gasteiger partial charge in [-0.05, 0) is 30.7 Å². The molecule has 2 nitrogen and oxygen atoms in total. The van der Waals surface area contributed by atoms with Gasteiger partial charge in [0.1, 0.15) is 0 Å². The third-order valence-corrected chi connectivity index (χ3v) is 4.63. The fourth-order valence-electron chi connectivity index (χ4n) is 2.81. The highest BCUT2D eigenvalue weighted by Gasteiger charge is 2.34. The molecule has 0 bridgehead atoms. The maximum absolute atomic E-state index is 13.3. The van der Waals surface area contributed by atoms with E-state index in [1.807, 2.05) is 19.1 Å². The molecule has 0 aromatic heterocycles. The molecule has 1 heterocycles. The Balaban J connectivity index is 2.03. The van der Waals surface area contributed by atoms with Gasteiger partial charge >= 0.3 is 6.18 Å². The second-order valence-electron chi connectivity index (χ2n) is 5.53. The summed E-state index contributed by atoms with van der Waals surface area (Å²) in [5, 5.41) is 0. The van der Waals surface area contributed by atoms with Gasteiger partial charge in [0.25, 0.3) is 0 Å². The van der Waals surface area contributed by atoms with Gasteiger partial charge in [0.2, 0.25) is 0 Å². The molecule has 2 unspecified atom stereocenters. The van der Waals surface area contributed by atoms with Crippen molar-refractivity contribution < 1.29 is 15.9 Å². The minimum absolute atomic E-state index is 0.0704. The molecule has 6 heteroatoms. The van der Waals surface area contributed by atoms with E-state index in [4.69, 9.17) is 2.74 Å². The number of benzene rings is 2. The van der Waals surface area contributed by atoms with E-state index in [0.29, 0.717) is 12.1 Å². The average Bonchev–Trinajstić information content (AvgIpc) is 2.58. The normalized spacial score (nSPS) is 22.8. The van der Waals surface area contributed by atoms with E-state index >= 15 is 0 Å². The molecule has 0 spiro atoms. The van der Waals surface area contributed by atoms with Gasteiger partial charge in [-0.15, -0.1) is 0 Å². The van der Waals surface area contributed by atoms with Crippen molar-refractivity contribution in [1.82, 2.24) is 4.90 Å². The Hall–Kier alpha value is -1.53. The number of fused-ring (bicyclic) bond motifs is 1. The fourth-order valence-corrected chi connectivity index (χ4v) is 3.27. The second kappa shape index (κ2) is 6.76. The lowest BCUT2D eigenvalue weighted by molar-refractivity contribution is -0.138. The van der Waals surface area contributed by atoms with E-state index in [-0.39, 0.29) is 12.1 Å². The number of alkyl halides is 3. The van der Waals surface area contributed by atoms with Crippen molar-refractivity contribution in [2.24, 2.45) is 0 Å². The Morgan fingerprint density at radius 2 is 1.92 bits per heavy atom. The van der Waals surface area contributed by atoms with Crippen LogP contribution in [0.1, 0.15) is 26.4 Å². The highest BCUT2D eigenvalue weighted by atomic mass is 79.9. The molecule has 0 aliphatic carbocycles. The highest BCUT2D eigenvalue weighted by Crippen LogP contribution is 2.35.